The minimum atomic E-state index is -0.542. The topological polar surface area (TPSA) is 106 Å². The highest BCUT2D eigenvalue weighted by molar-refractivity contribution is 5.95. The number of benzene rings is 1. The predicted octanol–water partition coefficient (Wildman–Crippen LogP) is -0.0373. The van der Waals surface area contributed by atoms with E-state index in [-0.39, 0.29) is 29.7 Å². The molecular weight excluding hydrogens is 300 g/mol. The molecule has 0 aliphatic carbocycles. The second-order valence-corrected chi connectivity index (χ2v) is 5.13. The van der Waals surface area contributed by atoms with E-state index in [0.717, 1.165) is 4.90 Å². The average molecular weight is 323 g/mol. The first-order chi connectivity index (χ1) is 10.9. The lowest BCUT2D eigenvalue weighted by molar-refractivity contribution is -0.904. The van der Waals surface area contributed by atoms with Crippen molar-refractivity contribution in [1.29, 1.82) is 0 Å². The van der Waals surface area contributed by atoms with Crippen molar-refractivity contribution in [2.45, 2.75) is 26.8 Å². The summed E-state index contributed by atoms with van der Waals surface area (Å²) in [6.07, 6.45) is 0. The Labute approximate surface area is 135 Å². The van der Waals surface area contributed by atoms with Crippen LogP contribution < -0.4 is 15.5 Å². The third kappa shape index (κ3) is 5.33. The van der Waals surface area contributed by atoms with Crippen molar-refractivity contribution in [2.75, 3.05) is 25.0 Å². The molecule has 0 fully saturated rings. The van der Waals surface area contributed by atoms with E-state index in [1.807, 2.05) is 13.8 Å². The normalized spacial score (nSPS) is 13.0. The van der Waals surface area contributed by atoms with Crippen LogP contribution in [-0.2, 0) is 9.59 Å². The van der Waals surface area contributed by atoms with E-state index in [9.17, 15) is 19.7 Å². The number of hydrogen-bond donors (Lipinski definition) is 3. The van der Waals surface area contributed by atoms with Gasteiger partial charge in [0.1, 0.15) is 5.69 Å². The van der Waals surface area contributed by atoms with Crippen molar-refractivity contribution in [2.24, 2.45) is 0 Å². The van der Waals surface area contributed by atoms with Gasteiger partial charge in [0, 0.05) is 12.6 Å². The third-order valence-corrected chi connectivity index (χ3v) is 3.58. The van der Waals surface area contributed by atoms with Crippen molar-refractivity contribution in [3.8, 4) is 0 Å². The first-order valence-electron chi connectivity index (χ1n) is 7.56. The van der Waals surface area contributed by atoms with Gasteiger partial charge in [0.25, 0.3) is 17.5 Å². The van der Waals surface area contributed by atoms with Gasteiger partial charge in [0.15, 0.2) is 12.6 Å². The molecule has 23 heavy (non-hydrogen) atoms. The highest BCUT2D eigenvalue weighted by Gasteiger charge is 2.27. The fourth-order valence-corrected chi connectivity index (χ4v) is 2.22. The lowest BCUT2D eigenvalue weighted by Gasteiger charge is -2.23. The summed E-state index contributed by atoms with van der Waals surface area (Å²) in [7, 11) is 0. The Morgan fingerprint density at radius 3 is 2.52 bits per heavy atom. The number of hydrogen-bond acceptors (Lipinski definition) is 4. The molecule has 0 bridgehead atoms. The van der Waals surface area contributed by atoms with Crippen LogP contribution in [0.3, 0.4) is 0 Å². The van der Waals surface area contributed by atoms with E-state index in [1.54, 1.807) is 13.0 Å². The fourth-order valence-electron chi connectivity index (χ4n) is 2.22. The Morgan fingerprint density at radius 2 is 1.96 bits per heavy atom. The molecule has 0 radical (unpaired) electrons. The maximum absolute atomic E-state index is 12.3. The van der Waals surface area contributed by atoms with E-state index in [1.165, 1.54) is 18.2 Å². The van der Waals surface area contributed by atoms with E-state index in [0.29, 0.717) is 13.1 Å². The number of rotatable bonds is 8. The smallest absolute Gasteiger partial charge is 0.292 e. The summed E-state index contributed by atoms with van der Waals surface area (Å²) in [5.41, 5.74) is -0.00219. The number of para-hydroxylation sites is 2. The molecule has 1 aromatic carbocycles. The van der Waals surface area contributed by atoms with Crippen LogP contribution in [0, 0.1) is 10.1 Å². The summed E-state index contributed by atoms with van der Waals surface area (Å²) in [6.45, 7) is 6.70. The minimum Gasteiger partial charge on any atom is -0.351 e. The molecule has 0 saturated heterocycles. The Hall–Kier alpha value is -2.48. The molecule has 1 aromatic rings. The number of nitro benzene ring substituents is 1. The number of nitrogens with one attached hydrogen (secondary N) is 3. The molecule has 0 saturated carbocycles. The Balaban J connectivity index is 2.79. The van der Waals surface area contributed by atoms with Crippen LogP contribution in [-0.4, -0.2) is 42.4 Å². The fraction of sp³-hybridized carbons (Fsp3) is 0.467. The second-order valence-electron chi connectivity index (χ2n) is 5.13. The van der Waals surface area contributed by atoms with Crippen LogP contribution in [0.15, 0.2) is 24.3 Å². The highest BCUT2D eigenvalue weighted by Crippen LogP contribution is 2.22. The number of quaternary nitrogens is 1. The zero-order chi connectivity index (χ0) is 17.4. The van der Waals surface area contributed by atoms with Gasteiger partial charge in [-0.05, 0) is 26.8 Å². The second kappa shape index (κ2) is 8.84. The molecule has 1 rings (SSSR count). The van der Waals surface area contributed by atoms with Gasteiger partial charge >= 0.3 is 0 Å². The van der Waals surface area contributed by atoms with Gasteiger partial charge in [-0.2, -0.15) is 0 Å². The van der Waals surface area contributed by atoms with Gasteiger partial charge in [-0.15, -0.1) is 0 Å². The van der Waals surface area contributed by atoms with Gasteiger partial charge < -0.3 is 15.5 Å². The maximum Gasteiger partial charge on any atom is 0.292 e. The molecule has 2 atom stereocenters. The van der Waals surface area contributed by atoms with Crippen molar-refractivity contribution in [1.82, 2.24) is 5.32 Å². The van der Waals surface area contributed by atoms with Crippen molar-refractivity contribution in [3.63, 3.8) is 0 Å². The first-order valence-corrected chi connectivity index (χ1v) is 7.56. The number of carbonyl (C=O) groups is 2. The summed E-state index contributed by atoms with van der Waals surface area (Å²) < 4.78 is 0. The van der Waals surface area contributed by atoms with Gasteiger partial charge in [0.2, 0.25) is 0 Å². The van der Waals surface area contributed by atoms with Gasteiger partial charge in [-0.25, -0.2) is 0 Å². The molecule has 2 amide bonds. The van der Waals surface area contributed by atoms with E-state index >= 15 is 0 Å². The SMILES string of the molecule is CCNC(=O)C[NH+](CC)[C@H](C)C(=O)Nc1ccccc1[N+](=O)[O-]. The third-order valence-electron chi connectivity index (χ3n) is 3.58. The highest BCUT2D eigenvalue weighted by atomic mass is 16.6. The predicted molar refractivity (Wildman–Crippen MR) is 86.2 cm³/mol. The number of nitro groups is 1. The van der Waals surface area contributed by atoms with Gasteiger partial charge in [-0.1, -0.05) is 12.1 Å². The number of nitrogens with zero attached hydrogens (tertiary/aromatic N) is 1. The Bertz CT molecular complexity index is 576. The molecule has 3 N–H and O–H groups in total. The number of carbonyl (C=O) groups excluding carboxylic acids is 2. The minimum absolute atomic E-state index is 0.130. The number of amides is 2. The molecule has 0 aliphatic rings. The lowest BCUT2D eigenvalue weighted by atomic mass is 10.2. The quantitative estimate of drug-likeness (QED) is 0.461. The largest absolute Gasteiger partial charge is 0.351 e. The standard InChI is InChI=1S/C15H22N4O4/c1-4-16-14(20)10-18(5-2)11(3)15(21)17-12-8-6-7-9-13(12)19(22)23/h6-9,11H,4-5,10H2,1-3H3,(H,16,20)(H,17,21)/p+1/t11-/m1/s1. The summed E-state index contributed by atoms with van der Waals surface area (Å²) in [6, 6.07) is 5.46. The summed E-state index contributed by atoms with van der Waals surface area (Å²) in [5.74, 6) is -0.491. The molecular formula is C15H23N4O4+. The van der Waals surface area contributed by atoms with E-state index in [4.69, 9.17) is 0 Å². The number of anilines is 1. The van der Waals surface area contributed by atoms with Crippen LogP contribution in [0.1, 0.15) is 20.8 Å². The summed E-state index contributed by atoms with van der Waals surface area (Å²) >= 11 is 0. The maximum atomic E-state index is 12.3. The summed E-state index contributed by atoms with van der Waals surface area (Å²) in [4.78, 5) is 35.2. The zero-order valence-electron chi connectivity index (χ0n) is 13.6. The van der Waals surface area contributed by atoms with Crippen molar-refractivity contribution in [3.05, 3.63) is 34.4 Å². The van der Waals surface area contributed by atoms with Gasteiger partial charge in [-0.3, -0.25) is 19.7 Å². The molecule has 0 spiro atoms. The van der Waals surface area contributed by atoms with Crippen LogP contribution in [0.25, 0.3) is 0 Å². The molecule has 8 heteroatoms. The first kappa shape index (κ1) is 18.6. The molecule has 1 unspecified atom stereocenters. The van der Waals surface area contributed by atoms with Crippen LogP contribution >= 0.6 is 0 Å². The van der Waals surface area contributed by atoms with Crippen LogP contribution in [0.4, 0.5) is 11.4 Å². The van der Waals surface area contributed by atoms with Crippen molar-refractivity contribution < 1.29 is 19.4 Å². The van der Waals surface area contributed by atoms with Crippen molar-refractivity contribution >= 4 is 23.2 Å². The van der Waals surface area contributed by atoms with Gasteiger partial charge in [0.05, 0.1) is 11.5 Å². The van der Waals surface area contributed by atoms with Crippen LogP contribution in [0.5, 0.6) is 0 Å². The average Bonchev–Trinajstić information content (AvgIpc) is 2.52. The monoisotopic (exact) mass is 323 g/mol. The Morgan fingerprint density at radius 1 is 1.30 bits per heavy atom. The molecule has 126 valence electrons. The Kier molecular flexibility index (Phi) is 7.14. The molecule has 0 heterocycles. The molecule has 0 aromatic heterocycles. The van der Waals surface area contributed by atoms with E-state index < -0.39 is 11.0 Å². The van der Waals surface area contributed by atoms with E-state index in [2.05, 4.69) is 10.6 Å². The molecule has 8 nitrogen and oxygen atoms in total. The lowest BCUT2D eigenvalue weighted by Crippen LogP contribution is -3.17. The zero-order valence-corrected chi connectivity index (χ0v) is 13.6. The van der Waals surface area contributed by atoms with Crippen LogP contribution in [0.2, 0.25) is 0 Å². The molecule has 0 aliphatic heterocycles. The number of likely N-dealkylation sites (N-methyl/N-ethyl adjacent to an activating group) is 2. The summed E-state index contributed by atoms with van der Waals surface area (Å²) in [5, 5.41) is 16.3.